The van der Waals surface area contributed by atoms with Crippen LogP contribution in [-0.4, -0.2) is 37.5 Å². The van der Waals surface area contributed by atoms with Gasteiger partial charge in [-0.15, -0.1) is 0 Å². The predicted molar refractivity (Wildman–Crippen MR) is 144 cm³/mol. The average molecular weight is 496 g/mol. The van der Waals surface area contributed by atoms with Crippen LogP contribution in [-0.2, 0) is 12.0 Å². The molecular formula is C29H33N7O. The Balaban J connectivity index is 1.38. The molecule has 0 amide bonds. The topological polar surface area (TPSA) is 111 Å². The second-order valence-corrected chi connectivity index (χ2v) is 9.95. The number of benzene rings is 1. The molecule has 0 aliphatic carbocycles. The smallest absolute Gasteiger partial charge is 0.223 e. The summed E-state index contributed by atoms with van der Waals surface area (Å²) in [5, 5.41) is 27.7. The van der Waals surface area contributed by atoms with Crippen LogP contribution in [0.3, 0.4) is 0 Å². The van der Waals surface area contributed by atoms with Gasteiger partial charge in [-0.25, -0.2) is 15.0 Å². The van der Waals surface area contributed by atoms with Crippen molar-refractivity contribution in [3.63, 3.8) is 0 Å². The number of aliphatic hydroxyl groups is 1. The van der Waals surface area contributed by atoms with Gasteiger partial charge in [0.1, 0.15) is 17.4 Å². The predicted octanol–water partition coefficient (Wildman–Crippen LogP) is 4.61. The lowest BCUT2D eigenvalue weighted by atomic mass is 9.77. The number of fused-ring (bicyclic) bond motifs is 1. The summed E-state index contributed by atoms with van der Waals surface area (Å²) < 4.78 is 1.97. The van der Waals surface area contributed by atoms with Gasteiger partial charge in [-0.3, -0.25) is 4.40 Å². The molecule has 0 saturated carbocycles. The van der Waals surface area contributed by atoms with Gasteiger partial charge in [-0.2, -0.15) is 5.26 Å². The van der Waals surface area contributed by atoms with Gasteiger partial charge in [0.15, 0.2) is 0 Å². The molecule has 8 nitrogen and oxygen atoms in total. The highest BCUT2D eigenvalue weighted by Crippen LogP contribution is 2.35. The Morgan fingerprint density at radius 3 is 2.65 bits per heavy atom. The molecule has 37 heavy (non-hydrogen) atoms. The molecule has 2 atom stereocenters. The van der Waals surface area contributed by atoms with Gasteiger partial charge in [0, 0.05) is 6.20 Å². The molecule has 4 aromatic rings. The Morgan fingerprint density at radius 1 is 1.19 bits per heavy atom. The van der Waals surface area contributed by atoms with Gasteiger partial charge < -0.3 is 15.7 Å². The van der Waals surface area contributed by atoms with E-state index in [1.54, 1.807) is 12.4 Å². The van der Waals surface area contributed by atoms with Crippen molar-refractivity contribution in [1.29, 1.82) is 5.26 Å². The lowest BCUT2D eigenvalue weighted by Crippen LogP contribution is -2.39. The maximum absolute atomic E-state index is 11.3. The molecule has 3 N–H and O–H groups in total. The van der Waals surface area contributed by atoms with Gasteiger partial charge in [-0.05, 0) is 74.9 Å². The Kier molecular flexibility index (Phi) is 6.92. The molecule has 1 saturated heterocycles. The van der Waals surface area contributed by atoms with Crippen molar-refractivity contribution >= 4 is 11.6 Å². The van der Waals surface area contributed by atoms with Crippen molar-refractivity contribution in [1.82, 2.24) is 24.7 Å². The van der Waals surface area contributed by atoms with Gasteiger partial charge in [0.05, 0.1) is 35.3 Å². The average Bonchev–Trinajstić information content (AvgIpc) is 3.38. The lowest BCUT2D eigenvalue weighted by molar-refractivity contribution is -0.0186. The van der Waals surface area contributed by atoms with Crippen LogP contribution < -0.4 is 10.6 Å². The molecule has 1 aliphatic rings. The first-order valence-electron chi connectivity index (χ1n) is 12.9. The van der Waals surface area contributed by atoms with E-state index in [0.29, 0.717) is 17.2 Å². The van der Waals surface area contributed by atoms with Crippen LogP contribution in [0.2, 0.25) is 0 Å². The van der Waals surface area contributed by atoms with Crippen molar-refractivity contribution in [2.24, 2.45) is 5.92 Å². The Morgan fingerprint density at radius 2 is 1.95 bits per heavy atom. The van der Waals surface area contributed by atoms with Crippen LogP contribution in [0.5, 0.6) is 0 Å². The first-order chi connectivity index (χ1) is 17.9. The molecule has 190 valence electrons. The summed E-state index contributed by atoms with van der Waals surface area (Å²) >= 11 is 0. The van der Waals surface area contributed by atoms with Gasteiger partial charge in [0.25, 0.3) is 0 Å². The van der Waals surface area contributed by atoms with E-state index in [4.69, 9.17) is 4.98 Å². The normalized spacial score (nSPS) is 16.7. The minimum Gasteiger partial charge on any atom is -0.385 e. The highest BCUT2D eigenvalue weighted by atomic mass is 16.3. The molecule has 3 aromatic heterocycles. The summed E-state index contributed by atoms with van der Waals surface area (Å²) in [5.74, 6) is 0.683. The van der Waals surface area contributed by atoms with Crippen molar-refractivity contribution in [2.45, 2.75) is 51.7 Å². The van der Waals surface area contributed by atoms with Crippen LogP contribution in [0, 0.1) is 17.2 Å². The third-order valence-electron chi connectivity index (χ3n) is 7.62. The Bertz CT molecular complexity index is 1430. The number of anilines is 1. The molecule has 0 radical (unpaired) electrons. The fraction of sp³-hybridized carbons (Fsp3) is 0.379. The zero-order valence-corrected chi connectivity index (χ0v) is 21.6. The number of nitrogens with one attached hydrogen (secondary N) is 2. The molecule has 5 rings (SSSR count). The van der Waals surface area contributed by atoms with Crippen LogP contribution >= 0.6 is 0 Å². The molecule has 0 spiro atoms. The second kappa shape index (κ2) is 10.3. The van der Waals surface area contributed by atoms with E-state index < -0.39 is 5.60 Å². The number of aromatic nitrogens is 4. The number of rotatable bonds is 7. The Labute approximate surface area is 217 Å². The van der Waals surface area contributed by atoms with Crippen molar-refractivity contribution in [3.8, 4) is 17.5 Å². The molecule has 0 bridgehead atoms. The largest absolute Gasteiger partial charge is 0.385 e. The fourth-order valence-corrected chi connectivity index (χ4v) is 5.25. The molecule has 1 unspecified atom stereocenters. The van der Waals surface area contributed by atoms with E-state index in [2.05, 4.69) is 39.7 Å². The van der Waals surface area contributed by atoms with Crippen molar-refractivity contribution < 1.29 is 5.11 Å². The number of aryl methyl sites for hydroxylation is 1. The third-order valence-corrected chi connectivity index (χ3v) is 7.62. The molecule has 1 aliphatic heterocycles. The second-order valence-electron chi connectivity index (χ2n) is 9.95. The number of nitriles is 1. The molecule has 1 aromatic carbocycles. The lowest BCUT2D eigenvalue weighted by Gasteiger charge is -2.36. The van der Waals surface area contributed by atoms with Gasteiger partial charge in [-0.1, -0.05) is 37.3 Å². The monoisotopic (exact) mass is 495 g/mol. The van der Waals surface area contributed by atoms with E-state index in [9.17, 15) is 10.4 Å². The van der Waals surface area contributed by atoms with E-state index in [0.717, 1.165) is 60.4 Å². The van der Waals surface area contributed by atoms with Gasteiger partial charge >= 0.3 is 0 Å². The maximum Gasteiger partial charge on any atom is 0.223 e. The maximum atomic E-state index is 11.3. The number of imidazole rings is 1. The quantitative estimate of drug-likeness (QED) is 0.343. The first-order valence-corrected chi connectivity index (χ1v) is 12.9. The molecule has 4 heterocycles. The van der Waals surface area contributed by atoms with E-state index in [-0.39, 0.29) is 12.0 Å². The summed E-state index contributed by atoms with van der Waals surface area (Å²) in [5.41, 5.74) is 4.83. The first kappa shape index (κ1) is 24.9. The molecule has 8 heteroatoms. The number of nitrogens with zero attached hydrogens (tertiary/aromatic N) is 5. The van der Waals surface area contributed by atoms with Crippen LogP contribution in [0.1, 0.15) is 61.9 Å². The molecular weight excluding hydrogens is 462 g/mol. The minimum absolute atomic E-state index is 0.0763. The zero-order valence-electron chi connectivity index (χ0n) is 21.6. The SMILES string of the molecule is CCc1cccn2c(-c3nc(N[C@@H](C)c4ccc(C(C)(O)C5CCNCC5)cc4)ncc3C#N)cnc12. The number of piperidine rings is 1. The van der Waals surface area contributed by atoms with E-state index in [1.165, 1.54) is 0 Å². The third kappa shape index (κ3) is 4.80. The fourth-order valence-electron chi connectivity index (χ4n) is 5.25. The number of hydrogen-bond donors (Lipinski definition) is 3. The van der Waals surface area contributed by atoms with E-state index in [1.807, 2.05) is 54.8 Å². The van der Waals surface area contributed by atoms with Crippen molar-refractivity contribution in [2.75, 3.05) is 18.4 Å². The zero-order chi connectivity index (χ0) is 26.0. The van der Waals surface area contributed by atoms with Crippen LogP contribution in [0.15, 0.2) is 55.0 Å². The minimum atomic E-state index is -0.853. The number of pyridine rings is 1. The molecule has 1 fully saturated rings. The number of hydrogen-bond acceptors (Lipinski definition) is 7. The summed E-state index contributed by atoms with van der Waals surface area (Å²) in [6.45, 7) is 7.96. The van der Waals surface area contributed by atoms with Crippen LogP contribution in [0.25, 0.3) is 17.0 Å². The summed E-state index contributed by atoms with van der Waals surface area (Å²) in [6.07, 6.45) is 8.06. The highest BCUT2D eigenvalue weighted by molar-refractivity contribution is 5.68. The standard InChI is InChI=1S/C29H33N7O/c1-4-20-6-5-15-36-25(18-32-27(20)36)26-22(16-30)17-33-28(35-26)34-19(2)21-7-9-23(10-8-21)29(3,37)24-11-13-31-14-12-24/h5-10,15,17-19,24,31,37H,4,11-14H2,1-3H3,(H,33,34,35)/t19-,29?/m0/s1. The summed E-state index contributed by atoms with van der Waals surface area (Å²) in [6, 6.07) is 14.3. The summed E-state index contributed by atoms with van der Waals surface area (Å²) in [4.78, 5) is 13.7. The van der Waals surface area contributed by atoms with Gasteiger partial charge in [0.2, 0.25) is 5.95 Å². The van der Waals surface area contributed by atoms with Crippen LogP contribution in [0.4, 0.5) is 5.95 Å². The summed E-state index contributed by atoms with van der Waals surface area (Å²) in [7, 11) is 0. The Hall–Kier alpha value is -3.80. The van der Waals surface area contributed by atoms with Crippen molar-refractivity contribution in [3.05, 3.63) is 77.2 Å². The highest BCUT2D eigenvalue weighted by Gasteiger charge is 2.34. The van der Waals surface area contributed by atoms with E-state index >= 15 is 0 Å².